The molecule has 5 heteroatoms. The first-order chi connectivity index (χ1) is 9.66. The largest absolute Gasteiger partial charge is 0.421 e. The third-order valence-electron chi connectivity index (χ3n) is 3.59. The molecule has 104 valence electrons. The highest BCUT2D eigenvalue weighted by Gasteiger charge is 2.22. The van der Waals surface area contributed by atoms with Crippen molar-refractivity contribution in [3.63, 3.8) is 0 Å². The Kier molecular flexibility index (Phi) is 3.49. The van der Waals surface area contributed by atoms with Gasteiger partial charge in [-0.05, 0) is 31.4 Å². The van der Waals surface area contributed by atoms with E-state index in [0.717, 1.165) is 19.3 Å². The number of rotatable bonds is 1. The van der Waals surface area contributed by atoms with Crippen molar-refractivity contribution in [3.05, 3.63) is 45.3 Å². The quantitative estimate of drug-likeness (QED) is 0.759. The van der Waals surface area contributed by atoms with Gasteiger partial charge in [0.05, 0.1) is 5.02 Å². The molecule has 4 nitrogen and oxygen atoms in total. The van der Waals surface area contributed by atoms with Crippen LogP contribution in [0, 0.1) is 0 Å². The number of hydrogen-bond donors (Lipinski definition) is 0. The summed E-state index contributed by atoms with van der Waals surface area (Å²) in [6, 6.07) is 6.76. The van der Waals surface area contributed by atoms with Gasteiger partial charge in [0.25, 0.3) is 5.91 Å². The first kappa shape index (κ1) is 13.2. The Morgan fingerprint density at radius 1 is 1.20 bits per heavy atom. The van der Waals surface area contributed by atoms with Gasteiger partial charge in [0.2, 0.25) is 0 Å². The van der Waals surface area contributed by atoms with Crippen LogP contribution in [-0.4, -0.2) is 23.9 Å². The minimum atomic E-state index is -0.624. The van der Waals surface area contributed by atoms with Crippen molar-refractivity contribution in [3.8, 4) is 0 Å². The van der Waals surface area contributed by atoms with Crippen molar-refractivity contribution in [1.82, 2.24) is 4.90 Å². The summed E-state index contributed by atoms with van der Waals surface area (Å²) < 4.78 is 5.20. The minimum Gasteiger partial charge on any atom is -0.421 e. The molecule has 3 rings (SSSR count). The number of piperidine rings is 1. The van der Waals surface area contributed by atoms with E-state index in [0.29, 0.717) is 29.1 Å². The summed E-state index contributed by atoms with van der Waals surface area (Å²) in [6.45, 7) is 1.40. The number of halogens is 1. The number of carbonyl (C=O) groups is 1. The maximum atomic E-state index is 12.4. The second kappa shape index (κ2) is 5.29. The third kappa shape index (κ3) is 2.31. The molecule has 1 saturated heterocycles. The second-order valence-electron chi connectivity index (χ2n) is 4.96. The lowest BCUT2D eigenvalue weighted by molar-refractivity contribution is 0.0720. The number of para-hydroxylation sites is 1. The molecule has 0 unspecified atom stereocenters. The Balaban J connectivity index is 2.05. The van der Waals surface area contributed by atoms with Crippen LogP contribution < -0.4 is 5.63 Å². The van der Waals surface area contributed by atoms with Crippen LogP contribution in [-0.2, 0) is 0 Å². The summed E-state index contributed by atoms with van der Waals surface area (Å²) >= 11 is 5.98. The molecule has 0 N–H and O–H groups in total. The predicted molar refractivity (Wildman–Crippen MR) is 77.2 cm³/mol. The number of likely N-dealkylation sites (tertiary alicyclic amines) is 1. The molecular formula is C15H14ClNO3. The van der Waals surface area contributed by atoms with E-state index >= 15 is 0 Å². The zero-order valence-corrected chi connectivity index (χ0v) is 11.7. The van der Waals surface area contributed by atoms with Crippen molar-refractivity contribution >= 4 is 28.5 Å². The van der Waals surface area contributed by atoms with E-state index in [-0.39, 0.29) is 11.5 Å². The number of amides is 1. The zero-order chi connectivity index (χ0) is 14.1. The Hall–Kier alpha value is -1.81. The molecule has 1 amide bonds. The number of benzene rings is 1. The fourth-order valence-corrected chi connectivity index (χ4v) is 2.75. The van der Waals surface area contributed by atoms with Gasteiger partial charge < -0.3 is 9.32 Å². The summed E-state index contributed by atoms with van der Waals surface area (Å²) in [7, 11) is 0. The van der Waals surface area contributed by atoms with Gasteiger partial charge in [0.15, 0.2) is 5.58 Å². The molecule has 1 aliphatic rings. The highest BCUT2D eigenvalue weighted by atomic mass is 35.5. The topological polar surface area (TPSA) is 50.5 Å². The van der Waals surface area contributed by atoms with Gasteiger partial charge >= 0.3 is 5.63 Å². The molecule has 0 bridgehead atoms. The smallest absolute Gasteiger partial charge is 0.349 e. The lowest BCUT2D eigenvalue weighted by Gasteiger charge is -2.26. The molecule has 20 heavy (non-hydrogen) atoms. The number of carbonyl (C=O) groups excluding carboxylic acids is 1. The average molecular weight is 292 g/mol. The molecule has 2 aromatic rings. The molecule has 1 aromatic heterocycles. The first-order valence-electron chi connectivity index (χ1n) is 6.68. The van der Waals surface area contributed by atoms with E-state index < -0.39 is 5.63 Å². The highest BCUT2D eigenvalue weighted by Crippen LogP contribution is 2.23. The molecule has 2 heterocycles. The summed E-state index contributed by atoms with van der Waals surface area (Å²) in [4.78, 5) is 26.1. The molecule has 1 fully saturated rings. The summed E-state index contributed by atoms with van der Waals surface area (Å²) in [5.74, 6) is -0.250. The summed E-state index contributed by atoms with van der Waals surface area (Å²) in [6.07, 6.45) is 3.10. The lowest BCUT2D eigenvalue weighted by Crippen LogP contribution is -2.37. The van der Waals surface area contributed by atoms with Crippen LogP contribution in [0.3, 0.4) is 0 Å². The van der Waals surface area contributed by atoms with E-state index in [4.69, 9.17) is 16.0 Å². The van der Waals surface area contributed by atoms with E-state index in [2.05, 4.69) is 0 Å². The number of hydrogen-bond acceptors (Lipinski definition) is 3. The van der Waals surface area contributed by atoms with Crippen molar-refractivity contribution < 1.29 is 9.21 Å². The van der Waals surface area contributed by atoms with Crippen molar-refractivity contribution in [2.75, 3.05) is 13.1 Å². The van der Waals surface area contributed by atoms with Crippen molar-refractivity contribution in [2.45, 2.75) is 19.3 Å². The third-order valence-corrected chi connectivity index (χ3v) is 3.88. The van der Waals surface area contributed by atoms with Gasteiger partial charge in [-0.3, -0.25) is 4.79 Å². The SMILES string of the molecule is O=C(c1cc2cccc(Cl)c2oc1=O)N1CCCCC1. The van der Waals surface area contributed by atoms with Gasteiger partial charge in [-0.25, -0.2) is 4.79 Å². The summed E-state index contributed by atoms with van der Waals surface area (Å²) in [5, 5.41) is 1.04. The Morgan fingerprint density at radius 2 is 1.95 bits per heavy atom. The maximum absolute atomic E-state index is 12.4. The van der Waals surface area contributed by atoms with Crippen molar-refractivity contribution in [1.29, 1.82) is 0 Å². The molecule has 0 atom stereocenters. The molecular weight excluding hydrogens is 278 g/mol. The van der Waals surface area contributed by atoms with Crippen LogP contribution in [0.15, 0.2) is 33.5 Å². The molecule has 0 saturated carbocycles. The van der Waals surface area contributed by atoms with E-state index in [9.17, 15) is 9.59 Å². The number of nitrogens with zero attached hydrogens (tertiary/aromatic N) is 1. The van der Waals surface area contributed by atoms with Gasteiger partial charge in [0.1, 0.15) is 5.56 Å². The molecule has 0 aliphatic carbocycles. The van der Waals surface area contributed by atoms with Gasteiger partial charge in [-0.15, -0.1) is 0 Å². The zero-order valence-electron chi connectivity index (χ0n) is 10.9. The van der Waals surface area contributed by atoms with Crippen LogP contribution in [0.4, 0.5) is 0 Å². The van der Waals surface area contributed by atoms with Crippen LogP contribution >= 0.6 is 11.6 Å². The molecule has 1 aliphatic heterocycles. The van der Waals surface area contributed by atoms with Crippen molar-refractivity contribution in [2.24, 2.45) is 0 Å². The Labute approximate surface area is 120 Å². The van der Waals surface area contributed by atoms with Crippen LogP contribution in [0.1, 0.15) is 29.6 Å². The van der Waals surface area contributed by atoms with E-state index in [1.807, 2.05) is 0 Å². The van der Waals surface area contributed by atoms with Gasteiger partial charge in [-0.2, -0.15) is 0 Å². The fourth-order valence-electron chi connectivity index (χ4n) is 2.53. The minimum absolute atomic E-state index is 0.0849. The molecule has 1 aromatic carbocycles. The standard InChI is InChI=1S/C15H14ClNO3/c16-12-6-4-5-10-9-11(15(19)20-13(10)12)14(18)17-7-2-1-3-8-17/h4-6,9H,1-3,7-8H2. The van der Waals surface area contributed by atoms with Crippen LogP contribution in [0.25, 0.3) is 11.0 Å². The number of fused-ring (bicyclic) bond motifs is 1. The fraction of sp³-hybridized carbons (Fsp3) is 0.333. The Morgan fingerprint density at radius 3 is 2.70 bits per heavy atom. The summed E-state index contributed by atoms with van der Waals surface area (Å²) in [5.41, 5.74) is -0.211. The highest BCUT2D eigenvalue weighted by molar-refractivity contribution is 6.34. The van der Waals surface area contributed by atoms with E-state index in [1.165, 1.54) is 0 Å². The van der Waals surface area contributed by atoms with E-state index in [1.54, 1.807) is 29.2 Å². The average Bonchev–Trinajstić information content (AvgIpc) is 2.48. The Bertz CT molecular complexity index is 717. The van der Waals surface area contributed by atoms with Crippen LogP contribution in [0.2, 0.25) is 5.02 Å². The molecule has 0 radical (unpaired) electrons. The maximum Gasteiger partial charge on any atom is 0.349 e. The predicted octanol–water partition coefficient (Wildman–Crippen LogP) is 3.07. The van der Waals surface area contributed by atoms with Crippen LogP contribution in [0.5, 0.6) is 0 Å². The lowest BCUT2D eigenvalue weighted by atomic mass is 10.1. The molecule has 0 spiro atoms. The monoisotopic (exact) mass is 291 g/mol. The van der Waals surface area contributed by atoms with Gasteiger partial charge in [-0.1, -0.05) is 23.7 Å². The van der Waals surface area contributed by atoms with Gasteiger partial charge in [0, 0.05) is 18.5 Å². The first-order valence-corrected chi connectivity index (χ1v) is 7.06. The second-order valence-corrected chi connectivity index (χ2v) is 5.37. The normalized spacial score (nSPS) is 15.6.